The van der Waals surface area contributed by atoms with Gasteiger partial charge in [0.05, 0.1) is 6.61 Å². The zero-order valence-electron chi connectivity index (χ0n) is 9.57. The van der Waals surface area contributed by atoms with Gasteiger partial charge in [0.15, 0.2) is 0 Å². The number of rotatable bonds is 5. The van der Waals surface area contributed by atoms with Crippen molar-refractivity contribution in [1.82, 2.24) is 5.32 Å². The minimum atomic E-state index is 0. The molecule has 0 saturated heterocycles. The molecule has 2 aromatic carbocycles. The minimum Gasteiger partial charge on any atom is -0.494 e. The van der Waals surface area contributed by atoms with E-state index in [1.807, 2.05) is 19.2 Å². The van der Waals surface area contributed by atoms with Crippen molar-refractivity contribution in [3.63, 3.8) is 0 Å². The van der Waals surface area contributed by atoms with Gasteiger partial charge in [-0.25, -0.2) is 0 Å². The minimum absolute atomic E-state index is 0. The first kappa shape index (κ1) is 11.0. The molecule has 0 amide bonds. The molecule has 86 valence electrons. The van der Waals surface area contributed by atoms with Crippen molar-refractivity contribution in [2.75, 3.05) is 20.2 Å². The molecule has 2 rings (SSSR count). The van der Waals surface area contributed by atoms with E-state index in [4.69, 9.17) is 4.74 Å². The normalized spacial score (nSPS) is 10.6. The lowest BCUT2D eigenvalue weighted by Crippen LogP contribution is -2.11. The summed E-state index contributed by atoms with van der Waals surface area (Å²) in [5, 5.41) is 5.59. The molecule has 2 nitrogen and oxygen atoms in total. The van der Waals surface area contributed by atoms with Gasteiger partial charge < -0.3 is 10.1 Å². The van der Waals surface area contributed by atoms with Crippen LogP contribution in [0.2, 0.25) is 0 Å². The van der Waals surface area contributed by atoms with E-state index >= 15 is 0 Å². The molecule has 0 spiro atoms. The van der Waals surface area contributed by atoms with E-state index in [1.165, 1.54) is 10.8 Å². The first-order chi connectivity index (χ1) is 7.90. The Morgan fingerprint density at radius 3 is 2.75 bits per heavy atom. The number of ether oxygens (including phenoxy) is 1. The van der Waals surface area contributed by atoms with Crippen LogP contribution in [0, 0.1) is 0 Å². The van der Waals surface area contributed by atoms with Crippen molar-refractivity contribution in [1.29, 1.82) is 0 Å². The predicted octanol–water partition coefficient (Wildman–Crippen LogP) is 3.07. The van der Waals surface area contributed by atoms with Crippen molar-refractivity contribution in [2.24, 2.45) is 0 Å². The Morgan fingerprint density at radius 1 is 1.12 bits per heavy atom. The zero-order valence-corrected chi connectivity index (χ0v) is 9.57. The Balaban J connectivity index is 0.00000144. The number of benzene rings is 2. The molecule has 0 atom stereocenters. The van der Waals surface area contributed by atoms with Crippen LogP contribution in [0.3, 0.4) is 0 Å². The standard InChI is InChI=1S/C14H17NO.H2/c1-15-9-4-10-16-14-8-7-12-5-2-3-6-13(12)11-14;/h2-3,5-8,11,15H,4,9-10H2,1H3;1H. The first-order valence-electron chi connectivity index (χ1n) is 5.66. The van der Waals surface area contributed by atoms with Gasteiger partial charge in [-0.05, 0) is 42.9 Å². The SMILES string of the molecule is CNCCCOc1ccc2ccccc2c1.[HH]. The summed E-state index contributed by atoms with van der Waals surface area (Å²) in [5.74, 6) is 0.954. The average molecular weight is 217 g/mol. The van der Waals surface area contributed by atoms with E-state index in [-0.39, 0.29) is 1.43 Å². The van der Waals surface area contributed by atoms with Gasteiger partial charge >= 0.3 is 0 Å². The predicted molar refractivity (Wildman–Crippen MR) is 70.1 cm³/mol. The van der Waals surface area contributed by atoms with Crippen molar-refractivity contribution < 1.29 is 6.16 Å². The second kappa shape index (κ2) is 5.52. The van der Waals surface area contributed by atoms with Crippen molar-refractivity contribution >= 4 is 10.8 Å². The highest BCUT2D eigenvalue weighted by molar-refractivity contribution is 5.83. The van der Waals surface area contributed by atoms with E-state index in [2.05, 4.69) is 35.6 Å². The quantitative estimate of drug-likeness (QED) is 0.777. The van der Waals surface area contributed by atoms with Gasteiger partial charge in [0.1, 0.15) is 5.75 Å². The average Bonchev–Trinajstić information content (AvgIpc) is 2.34. The van der Waals surface area contributed by atoms with Crippen molar-refractivity contribution in [3.05, 3.63) is 42.5 Å². The Hall–Kier alpha value is -1.54. The molecule has 0 bridgehead atoms. The van der Waals surface area contributed by atoms with Gasteiger partial charge in [0, 0.05) is 1.43 Å². The van der Waals surface area contributed by atoms with E-state index < -0.39 is 0 Å². The second-order valence-corrected chi connectivity index (χ2v) is 3.81. The molecule has 2 aromatic rings. The first-order valence-corrected chi connectivity index (χ1v) is 5.66. The number of hydrogen-bond acceptors (Lipinski definition) is 2. The molecule has 0 aliphatic carbocycles. The van der Waals surface area contributed by atoms with Gasteiger partial charge in [0.25, 0.3) is 0 Å². The maximum absolute atomic E-state index is 5.68. The lowest BCUT2D eigenvalue weighted by Gasteiger charge is -2.06. The lowest BCUT2D eigenvalue weighted by atomic mass is 10.1. The van der Waals surface area contributed by atoms with E-state index in [0.29, 0.717) is 0 Å². The monoisotopic (exact) mass is 217 g/mol. The summed E-state index contributed by atoms with van der Waals surface area (Å²) in [6.07, 6.45) is 1.03. The lowest BCUT2D eigenvalue weighted by molar-refractivity contribution is 0.310. The molecule has 0 radical (unpaired) electrons. The summed E-state index contributed by atoms with van der Waals surface area (Å²) in [4.78, 5) is 0. The summed E-state index contributed by atoms with van der Waals surface area (Å²) in [7, 11) is 1.95. The van der Waals surface area contributed by atoms with Gasteiger partial charge in [-0.1, -0.05) is 30.3 Å². The Labute approximate surface area is 97.7 Å². The van der Waals surface area contributed by atoms with Crippen LogP contribution in [-0.4, -0.2) is 20.2 Å². The van der Waals surface area contributed by atoms with Gasteiger partial charge in [-0.3, -0.25) is 0 Å². The van der Waals surface area contributed by atoms with E-state index in [9.17, 15) is 0 Å². The molecule has 0 heterocycles. The maximum atomic E-state index is 5.68. The third-order valence-electron chi connectivity index (χ3n) is 2.56. The molecule has 1 N–H and O–H groups in total. The van der Waals surface area contributed by atoms with Crippen LogP contribution in [0.15, 0.2) is 42.5 Å². The molecule has 0 fully saturated rings. The summed E-state index contributed by atoms with van der Waals surface area (Å²) in [6, 6.07) is 14.5. The summed E-state index contributed by atoms with van der Waals surface area (Å²) >= 11 is 0. The molecule has 0 unspecified atom stereocenters. The third-order valence-corrected chi connectivity index (χ3v) is 2.56. The summed E-state index contributed by atoms with van der Waals surface area (Å²) < 4.78 is 5.68. The highest BCUT2D eigenvalue weighted by Gasteiger charge is 1.96. The van der Waals surface area contributed by atoms with Crippen molar-refractivity contribution in [3.8, 4) is 5.75 Å². The molecule has 0 aliphatic heterocycles. The van der Waals surface area contributed by atoms with Gasteiger partial charge in [0.2, 0.25) is 0 Å². The number of fused-ring (bicyclic) bond motifs is 1. The third kappa shape index (κ3) is 2.74. The summed E-state index contributed by atoms with van der Waals surface area (Å²) in [5.41, 5.74) is 0. The van der Waals surface area contributed by atoms with Crippen LogP contribution in [0.4, 0.5) is 0 Å². The van der Waals surface area contributed by atoms with Crippen LogP contribution in [0.1, 0.15) is 7.85 Å². The number of nitrogens with one attached hydrogen (secondary N) is 1. The zero-order chi connectivity index (χ0) is 11.2. The molecule has 0 saturated carbocycles. The van der Waals surface area contributed by atoms with Crippen LogP contribution in [0.5, 0.6) is 5.75 Å². The second-order valence-electron chi connectivity index (χ2n) is 3.81. The highest BCUT2D eigenvalue weighted by atomic mass is 16.5. The molecular formula is C14H19NO. The number of hydrogen-bond donors (Lipinski definition) is 1. The molecule has 16 heavy (non-hydrogen) atoms. The topological polar surface area (TPSA) is 21.3 Å². The maximum Gasteiger partial charge on any atom is 0.119 e. The van der Waals surface area contributed by atoms with Gasteiger partial charge in [-0.2, -0.15) is 0 Å². The highest BCUT2D eigenvalue weighted by Crippen LogP contribution is 2.20. The van der Waals surface area contributed by atoms with E-state index in [0.717, 1.165) is 25.3 Å². The van der Waals surface area contributed by atoms with Crippen LogP contribution in [-0.2, 0) is 0 Å². The van der Waals surface area contributed by atoms with Crippen LogP contribution >= 0.6 is 0 Å². The molecule has 2 heteroatoms. The molecule has 0 aliphatic rings. The Kier molecular flexibility index (Phi) is 3.78. The fourth-order valence-corrected chi connectivity index (χ4v) is 1.70. The fourth-order valence-electron chi connectivity index (χ4n) is 1.70. The van der Waals surface area contributed by atoms with E-state index in [1.54, 1.807) is 0 Å². The molecule has 0 aromatic heterocycles. The smallest absolute Gasteiger partial charge is 0.119 e. The van der Waals surface area contributed by atoms with Gasteiger partial charge in [-0.15, -0.1) is 0 Å². The van der Waals surface area contributed by atoms with Crippen LogP contribution < -0.4 is 10.1 Å². The summed E-state index contributed by atoms with van der Waals surface area (Å²) in [6.45, 7) is 1.76. The van der Waals surface area contributed by atoms with Crippen molar-refractivity contribution in [2.45, 2.75) is 6.42 Å². The Morgan fingerprint density at radius 2 is 1.94 bits per heavy atom. The molecular weight excluding hydrogens is 198 g/mol. The fraction of sp³-hybridized carbons (Fsp3) is 0.286. The van der Waals surface area contributed by atoms with Crippen LogP contribution in [0.25, 0.3) is 10.8 Å². The Bertz CT molecular complexity index is 459. The largest absolute Gasteiger partial charge is 0.494 e.